The first kappa shape index (κ1) is 31.8. The van der Waals surface area contributed by atoms with Crippen molar-refractivity contribution in [1.29, 1.82) is 5.26 Å². The number of benzene rings is 1. The number of carbonyl (C=O) groups is 1. The predicted octanol–water partition coefficient (Wildman–Crippen LogP) is 6.85. The molecule has 0 aliphatic carbocycles. The summed E-state index contributed by atoms with van der Waals surface area (Å²) in [4.78, 5) is 27.4. The van der Waals surface area contributed by atoms with Crippen LogP contribution in [-0.2, 0) is 0 Å². The predicted molar refractivity (Wildman–Crippen MR) is 172 cm³/mol. The number of nitriles is 1. The molecule has 4 heterocycles. The largest absolute Gasteiger partial charge is 0.389 e. The highest BCUT2D eigenvalue weighted by Crippen LogP contribution is 2.38. The summed E-state index contributed by atoms with van der Waals surface area (Å²) in [6.07, 6.45) is 8.21. The summed E-state index contributed by atoms with van der Waals surface area (Å²) in [6, 6.07) is 9.45. The third kappa shape index (κ3) is 6.30. The Kier molecular flexibility index (Phi) is 9.27. The van der Waals surface area contributed by atoms with E-state index in [2.05, 4.69) is 36.7 Å². The number of β-amino-alcohol motifs (C(OH)–C–C–N with tert-alkyl or cyclic N) is 1. The fourth-order valence-corrected chi connectivity index (χ4v) is 5.98. The number of hydrogen-bond donors (Lipinski definition) is 1. The fourth-order valence-electron chi connectivity index (χ4n) is 5.13. The van der Waals surface area contributed by atoms with Gasteiger partial charge in [-0.3, -0.25) is 4.79 Å². The number of likely N-dealkylation sites (tertiary alicyclic amines) is 1. The lowest BCUT2D eigenvalue weighted by atomic mass is 10.0. The first-order valence-electron chi connectivity index (χ1n) is 14.7. The molecule has 0 bridgehead atoms. The van der Waals surface area contributed by atoms with Crippen molar-refractivity contribution in [1.82, 2.24) is 19.8 Å². The average molecular weight is 629 g/mol. The van der Waals surface area contributed by atoms with Gasteiger partial charge in [0.2, 0.25) is 0 Å². The summed E-state index contributed by atoms with van der Waals surface area (Å²) >= 11 is 1.25. The molecule has 2 aromatic heterocycles. The van der Waals surface area contributed by atoms with Gasteiger partial charge in [0.25, 0.3) is 5.91 Å². The van der Waals surface area contributed by atoms with Gasteiger partial charge in [-0.1, -0.05) is 31.3 Å². The summed E-state index contributed by atoms with van der Waals surface area (Å²) in [6.45, 7) is 8.55. The molecule has 1 fully saturated rings. The summed E-state index contributed by atoms with van der Waals surface area (Å²) < 4.78 is 28.9. The number of aromatic nitrogens is 2. The Morgan fingerprint density at radius 2 is 1.84 bits per heavy atom. The van der Waals surface area contributed by atoms with Gasteiger partial charge in [-0.25, -0.2) is 18.7 Å². The van der Waals surface area contributed by atoms with Crippen LogP contribution in [0.4, 0.5) is 13.9 Å². The zero-order valence-electron chi connectivity index (χ0n) is 25.8. The molecule has 0 radical (unpaired) electrons. The summed E-state index contributed by atoms with van der Waals surface area (Å²) in [5.74, 6) is -0.827. The number of nitrogens with zero attached hydrogens (tertiary/aromatic N) is 6. The quantitative estimate of drug-likeness (QED) is 0.292. The van der Waals surface area contributed by atoms with Crippen LogP contribution in [0.3, 0.4) is 0 Å². The zero-order chi connectivity index (χ0) is 32.4. The van der Waals surface area contributed by atoms with Crippen LogP contribution >= 0.6 is 11.3 Å². The minimum atomic E-state index is -0.733. The molecule has 1 N–H and O–H groups in total. The van der Waals surface area contributed by atoms with E-state index in [1.165, 1.54) is 40.6 Å². The van der Waals surface area contributed by atoms with Gasteiger partial charge in [0.1, 0.15) is 28.3 Å². The molecule has 1 amide bonds. The Balaban J connectivity index is 1.56. The van der Waals surface area contributed by atoms with Crippen LogP contribution in [0.5, 0.6) is 0 Å². The Bertz CT molecular complexity index is 1800. The maximum Gasteiger partial charge on any atom is 0.275 e. The lowest BCUT2D eigenvalue weighted by molar-refractivity contribution is 0.00516. The van der Waals surface area contributed by atoms with Gasteiger partial charge >= 0.3 is 0 Å². The van der Waals surface area contributed by atoms with Crippen molar-refractivity contribution in [3.63, 3.8) is 0 Å². The molecule has 0 atom stereocenters. The van der Waals surface area contributed by atoms with E-state index in [0.29, 0.717) is 32.4 Å². The number of hydrogen-bond acceptors (Lipinski definition) is 8. The van der Waals surface area contributed by atoms with Gasteiger partial charge in [0, 0.05) is 54.9 Å². The number of anilines is 1. The topological polar surface area (TPSA) is 96.6 Å². The monoisotopic (exact) mass is 628 g/mol. The Morgan fingerprint density at radius 3 is 2.44 bits per heavy atom. The number of carbonyl (C=O) groups excluding carboxylic acids is 1. The molecule has 8 nitrogen and oxygen atoms in total. The lowest BCUT2D eigenvalue weighted by Gasteiger charge is -2.36. The van der Waals surface area contributed by atoms with Crippen molar-refractivity contribution in [3.8, 4) is 17.3 Å². The smallest absolute Gasteiger partial charge is 0.275 e. The van der Waals surface area contributed by atoms with Gasteiger partial charge in [-0.15, -0.1) is 0 Å². The Hall–Kier alpha value is -4.66. The van der Waals surface area contributed by atoms with Crippen molar-refractivity contribution < 1.29 is 18.7 Å². The number of halogens is 2. The standard InChI is InChI=1S/C34H34F2N6O2S/c1-6-20(3)28-13-10-23(24-14-27(36)31(38-16-24)33(44)41-18-26(43)19-41)17-42(28)32(21(4)7-2)40(5)34-39-30(29(15-37)45-34)22-8-11-25(35)12-9-22/h8-14,16-17,26,43H,6-7,18-19H2,1-5H3/b28-20-,32-21+. The van der Waals surface area contributed by atoms with Crippen LogP contribution in [0.25, 0.3) is 16.8 Å². The maximum absolute atomic E-state index is 15.2. The second-order valence-corrected chi connectivity index (χ2v) is 12.0. The normalized spacial score (nSPS) is 16.6. The van der Waals surface area contributed by atoms with E-state index in [0.717, 1.165) is 35.5 Å². The summed E-state index contributed by atoms with van der Waals surface area (Å²) in [7, 11) is 1.89. The molecule has 1 saturated heterocycles. The molecule has 5 rings (SSSR count). The highest BCUT2D eigenvalue weighted by atomic mass is 32.1. The fraction of sp³-hybridized carbons (Fsp3) is 0.294. The highest BCUT2D eigenvalue weighted by Gasteiger charge is 2.32. The van der Waals surface area contributed by atoms with Gasteiger partial charge in [0.15, 0.2) is 16.6 Å². The molecular weight excluding hydrogens is 594 g/mol. The molecular formula is C34H34F2N6O2S. The van der Waals surface area contributed by atoms with E-state index < -0.39 is 17.8 Å². The number of amides is 1. The lowest BCUT2D eigenvalue weighted by Crippen LogP contribution is -2.53. The van der Waals surface area contributed by atoms with Crippen LogP contribution in [-0.4, -0.2) is 57.0 Å². The molecule has 0 saturated carbocycles. The van der Waals surface area contributed by atoms with Gasteiger partial charge in [-0.2, -0.15) is 5.26 Å². The van der Waals surface area contributed by atoms with Gasteiger partial charge in [-0.05, 0) is 74.2 Å². The van der Waals surface area contributed by atoms with Crippen LogP contribution in [0, 0.1) is 23.0 Å². The number of aliphatic hydroxyl groups excluding tert-OH is 1. The molecule has 2 aliphatic rings. The van der Waals surface area contributed by atoms with Crippen molar-refractivity contribution in [2.45, 2.75) is 46.6 Å². The number of pyridine rings is 1. The molecule has 0 unspecified atom stereocenters. The minimum absolute atomic E-state index is 0.163. The van der Waals surface area contributed by atoms with Crippen LogP contribution < -0.4 is 4.90 Å². The summed E-state index contributed by atoms with van der Waals surface area (Å²) in [5, 5.41) is 20.0. The van der Waals surface area contributed by atoms with Crippen LogP contribution in [0.1, 0.15) is 61.5 Å². The second kappa shape index (κ2) is 13.1. The molecule has 3 aromatic rings. The SMILES string of the molecule is CC/C(C)=C1/C=CC(c2cnc(C(=O)N3CC(O)C3)c(F)c2)=CN1/C(=C(\C)CC)N(C)c1nc(-c2ccc(F)cc2)c(C#N)s1. The van der Waals surface area contributed by atoms with Crippen molar-refractivity contribution in [3.05, 3.63) is 105 Å². The zero-order valence-corrected chi connectivity index (χ0v) is 26.6. The van der Waals surface area contributed by atoms with E-state index in [-0.39, 0.29) is 24.6 Å². The first-order valence-corrected chi connectivity index (χ1v) is 15.5. The van der Waals surface area contributed by atoms with Crippen LogP contribution in [0.2, 0.25) is 0 Å². The number of allylic oxidation sites excluding steroid dienone is 5. The van der Waals surface area contributed by atoms with Crippen molar-refractivity contribution >= 4 is 27.9 Å². The average Bonchev–Trinajstić information content (AvgIpc) is 3.47. The van der Waals surface area contributed by atoms with E-state index in [9.17, 15) is 19.6 Å². The van der Waals surface area contributed by atoms with E-state index in [4.69, 9.17) is 4.98 Å². The Labute approximate surface area is 265 Å². The molecule has 2 aliphatic heterocycles. The Morgan fingerprint density at radius 1 is 1.13 bits per heavy atom. The van der Waals surface area contributed by atoms with E-state index in [1.807, 2.05) is 37.2 Å². The molecule has 11 heteroatoms. The third-order valence-corrected chi connectivity index (χ3v) is 9.06. The minimum Gasteiger partial charge on any atom is -0.389 e. The van der Waals surface area contributed by atoms with E-state index >= 15 is 4.39 Å². The van der Waals surface area contributed by atoms with Crippen molar-refractivity contribution in [2.24, 2.45) is 0 Å². The van der Waals surface area contributed by atoms with Crippen LogP contribution in [0.15, 0.2) is 77.5 Å². The van der Waals surface area contributed by atoms with Gasteiger partial charge < -0.3 is 19.8 Å². The number of aliphatic hydroxyl groups is 1. The number of thiazole rings is 1. The third-order valence-electron chi connectivity index (χ3n) is 8.02. The van der Waals surface area contributed by atoms with E-state index in [1.54, 1.807) is 12.1 Å². The molecule has 45 heavy (non-hydrogen) atoms. The molecule has 0 spiro atoms. The summed E-state index contributed by atoms with van der Waals surface area (Å²) in [5.41, 5.74) is 5.16. The second-order valence-electron chi connectivity index (χ2n) is 11.0. The van der Waals surface area contributed by atoms with Crippen molar-refractivity contribution in [2.75, 3.05) is 25.0 Å². The van der Waals surface area contributed by atoms with Gasteiger partial charge in [0.05, 0.1) is 6.10 Å². The number of rotatable bonds is 8. The molecule has 232 valence electrons. The highest BCUT2D eigenvalue weighted by molar-refractivity contribution is 7.16. The molecule has 1 aromatic carbocycles. The maximum atomic E-state index is 15.2. The first-order chi connectivity index (χ1) is 21.6.